The Morgan fingerprint density at radius 2 is 1.78 bits per heavy atom. The minimum atomic E-state index is -0.576. The van der Waals surface area contributed by atoms with Crippen molar-refractivity contribution >= 4 is 11.8 Å². The molecule has 0 unspecified atom stereocenters. The summed E-state index contributed by atoms with van der Waals surface area (Å²) >= 11 is 0. The molecule has 0 aromatic heterocycles. The van der Waals surface area contributed by atoms with Gasteiger partial charge >= 0.3 is 5.97 Å². The summed E-state index contributed by atoms with van der Waals surface area (Å²) in [6.45, 7) is 5.63. The maximum Gasteiger partial charge on any atom is 0.337 e. The average molecular weight is 434 g/mol. The quantitative estimate of drug-likeness (QED) is 0.630. The van der Waals surface area contributed by atoms with Crippen molar-refractivity contribution in [2.45, 2.75) is 58.0 Å². The molecule has 2 aliphatic rings. The van der Waals surface area contributed by atoms with Crippen LogP contribution in [0.4, 0.5) is 4.39 Å². The number of rotatable bonds is 5. The van der Waals surface area contributed by atoms with Gasteiger partial charge in [-0.3, -0.25) is 4.79 Å². The molecule has 1 aliphatic heterocycles. The number of Topliss-reactive ketones (excluding diaryl/α,β-unsaturated/α-hetero) is 1. The van der Waals surface area contributed by atoms with Crippen molar-refractivity contribution in [3.63, 3.8) is 0 Å². The number of carbonyl (C=O) groups is 2. The summed E-state index contributed by atoms with van der Waals surface area (Å²) in [4.78, 5) is 26.6. The van der Waals surface area contributed by atoms with Gasteiger partial charge in [0.05, 0.1) is 11.7 Å². The van der Waals surface area contributed by atoms with E-state index in [1.54, 1.807) is 12.1 Å². The van der Waals surface area contributed by atoms with E-state index in [2.05, 4.69) is 5.32 Å². The third-order valence-corrected chi connectivity index (χ3v) is 6.40. The SMILES string of the molecule is CC[C@H](C)OC(=O)C1=C(C)NC2=C(C(=O)C[C@@H](c3ccccc3)C2)[C@H]1c1ccc(F)cc1. The van der Waals surface area contributed by atoms with Crippen molar-refractivity contribution in [3.8, 4) is 0 Å². The van der Waals surface area contributed by atoms with Crippen LogP contribution >= 0.6 is 0 Å². The van der Waals surface area contributed by atoms with Crippen LogP contribution in [0.5, 0.6) is 0 Å². The lowest BCUT2D eigenvalue weighted by atomic mass is 9.72. The molecule has 0 saturated heterocycles. The second kappa shape index (κ2) is 9.11. The standard InChI is InChI=1S/C27H28FNO3/c1-4-16(2)32-27(31)24-17(3)29-22-14-20(18-8-6-5-7-9-18)15-23(30)26(22)25(24)19-10-12-21(28)13-11-19/h5-13,16,20,25,29H,4,14-15H2,1-3H3/t16-,20-,25-/m0/s1. The lowest BCUT2D eigenvalue weighted by Gasteiger charge is -2.37. The number of allylic oxidation sites excluding steroid dienone is 3. The van der Waals surface area contributed by atoms with Crippen LogP contribution in [0.15, 0.2) is 77.1 Å². The lowest BCUT2D eigenvalue weighted by molar-refractivity contribution is -0.144. The largest absolute Gasteiger partial charge is 0.459 e. The van der Waals surface area contributed by atoms with Crippen LogP contribution in [0.2, 0.25) is 0 Å². The fourth-order valence-corrected chi connectivity index (χ4v) is 4.59. The van der Waals surface area contributed by atoms with Crippen molar-refractivity contribution in [2.24, 2.45) is 0 Å². The second-order valence-corrected chi connectivity index (χ2v) is 8.60. The topological polar surface area (TPSA) is 55.4 Å². The number of halogens is 1. The van der Waals surface area contributed by atoms with E-state index in [9.17, 15) is 14.0 Å². The predicted molar refractivity (Wildman–Crippen MR) is 121 cm³/mol. The van der Waals surface area contributed by atoms with Gasteiger partial charge in [-0.15, -0.1) is 0 Å². The molecule has 32 heavy (non-hydrogen) atoms. The molecule has 0 radical (unpaired) electrons. The van der Waals surface area contributed by atoms with Crippen molar-refractivity contribution < 1.29 is 18.7 Å². The summed E-state index contributed by atoms with van der Waals surface area (Å²) in [6.07, 6.45) is 1.50. The molecule has 0 saturated carbocycles. The van der Waals surface area contributed by atoms with E-state index in [0.29, 0.717) is 41.7 Å². The third-order valence-electron chi connectivity index (χ3n) is 6.40. The normalized spacial score (nSPS) is 21.7. The van der Waals surface area contributed by atoms with Gasteiger partial charge in [-0.1, -0.05) is 49.4 Å². The van der Waals surface area contributed by atoms with Crippen molar-refractivity contribution in [1.29, 1.82) is 0 Å². The molecule has 166 valence electrons. The molecule has 4 rings (SSSR count). The number of dihydropyridines is 1. The van der Waals surface area contributed by atoms with E-state index in [-0.39, 0.29) is 23.6 Å². The van der Waals surface area contributed by atoms with Gasteiger partial charge in [0, 0.05) is 29.3 Å². The summed E-state index contributed by atoms with van der Waals surface area (Å²) < 4.78 is 19.3. The van der Waals surface area contributed by atoms with Crippen molar-refractivity contribution in [1.82, 2.24) is 5.32 Å². The van der Waals surface area contributed by atoms with Gasteiger partial charge in [-0.25, -0.2) is 9.18 Å². The summed E-state index contributed by atoms with van der Waals surface area (Å²) in [5, 5.41) is 3.35. The lowest BCUT2D eigenvalue weighted by Crippen LogP contribution is -2.36. The van der Waals surface area contributed by atoms with E-state index in [1.165, 1.54) is 12.1 Å². The molecule has 2 aromatic carbocycles. The Kier molecular flexibility index (Phi) is 6.26. The zero-order chi connectivity index (χ0) is 22.8. The van der Waals surface area contributed by atoms with Gasteiger partial charge in [-0.2, -0.15) is 0 Å². The molecule has 1 N–H and O–H groups in total. The van der Waals surface area contributed by atoms with Crippen LogP contribution in [0.3, 0.4) is 0 Å². The number of nitrogens with one attached hydrogen (secondary N) is 1. The number of carbonyl (C=O) groups excluding carboxylic acids is 2. The second-order valence-electron chi connectivity index (χ2n) is 8.60. The minimum absolute atomic E-state index is 0.00303. The first-order chi connectivity index (χ1) is 15.4. The molecule has 0 amide bonds. The van der Waals surface area contributed by atoms with Crippen molar-refractivity contribution in [2.75, 3.05) is 0 Å². The van der Waals surface area contributed by atoms with E-state index in [4.69, 9.17) is 4.74 Å². The van der Waals surface area contributed by atoms with E-state index in [0.717, 1.165) is 11.3 Å². The Morgan fingerprint density at radius 1 is 1.09 bits per heavy atom. The molecule has 3 atom stereocenters. The number of ketones is 1. The maximum atomic E-state index is 13.7. The molecule has 5 heteroatoms. The highest BCUT2D eigenvalue weighted by atomic mass is 19.1. The first-order valence-electron chi connectivity index (χ1n) is 11.1. The van der Waals surface area contributed by atoms with Crippen LogP contribution in [-0.2, 0) is 14.3 Å². The van der Waals surface area contributed by atoms with Crippen LogP contribution in [0.1, 0.15) is 63.0 Å². The number of esters is 1. The molecule has 0 bridgehead atoms. The molecule has 1 aliphatic carbocycles. The Morgan fingerprint density at radius 3 is 2.44 bits per heavy atom. The summed E-state index contributed by atoms with van der Waals surface area (Å²) in [7, 11) is 0. The summed E-state index contributed by atoms with van der Waals surface area (Å²) in [5.41, 5.74) is 4.35. The highest BCUT2D eigenvalue weighted by Crippen LogP contribution is 2.45. The summed E-state index contributed by atoms with van der Waals surface area (Å²) in [6, 6.07) is 16.0. The highest BCUT2D eigenvalue weighted by molar-refractivity contribution is 6.04. The van der Waals surface area contributed by atoms with Gasteiger partial charge in [0.15, 0.2) is 5.78 Å². The van der Waals surface area contributed by atoms with Gasteiger partial charge in [0.2, 0.25) is 0 Å². The Balaban J connectivity index is 1.78. The van der Waals surface area contributed by atoms with Gasteiger partial charge in [0.25, 0.3) is 0 Å². The zero-order valence-electron chi connectivity index (χ0n) is 18.7. The molecular weight excluding hydrogens is 405 g/mol. The van der Waals surface area contributed by atoms with Crippen molar-refractivity contribution in [3.05, 3.63) is 94.1 Å². The average Bonchev–Trinajstić information content (AvgIpc) is 2.79. The van der Waals surface area contributed by atoms with Crippen LogP contribution < -0.4 is 5.32 Å². The number of benzene rings is 2. The predicted octanol–water partition coefficient (Wildman–Crippen LogP) is 5.53. The molecular formula is C27H28FNO3. The van der Waals surface area contributed by atoms with Crippen LogP contribution in [0, 0.1) is 5.82 Å². The number of hydrogen-bond acceptors (Lipinski definition) is 4. The fraction of sp³-hybridized carbons (Fsp3) is 0.333. The summed E-state index contributed by atoms with van der Waals surface area (Å²) in [5.74, 6) is -1.30. The number of ether oxygens (including phenoxy) is 1. The van der Waals surface area contributed by atoms with Gasteiger partial charge in [-0.05, 0) is 55.9 Å². The first kappa shape index (κ1) is 22.0. The third kappa shape index (κ3) is 4.24. The Bertz CT molecular complexity index is 1090. The molecule has 0 spiro atoms. The molecule has 1 heterocycles. The van der Waals surface area contributed by atoms with Gasteiger partial charge < -0.3 is 10.1 Å². The van der Waals surface area contributed by atoms with Gasteiger partial charge in [0.1, 0.15) is 5.82 Å². The molecule has 0 fully saturated rings. The maximum absolute atomic E-state index is 13.7. The monoisotopic (exact) mass is 433 g/mol. The fourth-order valence-electron chi connectivity index (χ4n) is 4.59. The zero-order valence-corrected chi connectivity index (χ0v) is 18.7. The van der Waals surface area contributed by atoms with E-state index >= 15 is 0 Å². The Labute approximate surface area is 188 Å². The van der Waals surface area contributed by atoms with E-state index < -0.39 is 11.9 Å². The highest BCUT2D eigenvalue weighted by Gasteiger charge is 2.41. The first-order valence-corrected chi connectivity index (χ1v) is 11.1. The van der Waals surface area contributed by atoms with Crippen LogP contribution in [0.25, 0.3) is 0 Å². The molecule has 4 nitrogen and oxygen atoms in total. The number of hydrogen-bond donors (Lipinski definition) is 1. The Hall–Kier alpha value is -3.21. The van der Waals surface area contributed by atoms with Crippen LogP contribution in [-0.4, -0.2) is 17.9 Å². The smallest absolute Gasteiger partial charge is 0.337 e. The molecule has 2 aromatic rings. The van der Waals surface area contributed by atoms with E-state index in [1.807, 2.05) is 51.1 Å². The minimum Gasteiger partial charge on any atom is -0.459 e.